The van der Waals surface area contributed by atoms with E-state index in [4.69, 9.17) is 20.9 Å². The van der Waals surface area contributed by atoms with Crippen LogP contribution in [0.3, 0.4) is 0 Å². The first-order valence-electron chi connectivity index (χ1n) is 11.5. The van der Waals surface area contributed by atoms with Crippen LogP contribution in [0.25, 0.3) is 0 Å². The molecule has 3 aromatic rings. The van der Waals surface area contributed by atoms with Gasteiger partial charge < -0.3 is 5.32 Å². The zero-order valence-electron chi connectivity index (χ0n) is 19.4. The number of nitrogens with two attached hydrogens (primary N) is 1. The van der Waals surface area contributed by atoms with Crippen molar-refractivity contribution >= 4 is 56.6 Å². The van der Waals surface area contributed by atoms with Gasteiger partial charge in [-0.3, -0.25) is 8.98 Å². The highest BCUT2D eigenvalue weighted by molar-refractivity contribution is 7.99. The molecule has 8 nitrogen and oxygen atoms in total. The van der Waals surface area contributed by atoms with Crippen molar-refractivity contribution in [1.82, 2.24) is 9.97 Å². The Hall–Kier alpha value is -2.02. The Morgan fingerprint density at radius 2 is 2.11 bits per heavy atom. The lowest BCUT2D eigenvalue weighted by atomic mass is 10.00. The predicted octanol–water partition coefficient (Wildman–Crippen LogP) is 4.87. The van der Waals surface area contributed by atoms with Crippen molar-refractivity contribution in [3.63, 3.8) is 0 Å². The minimum atomic E-state index is -3.96. The number of nitrogens with one attached hydrogen (secondary N) is 1. The molecule has 3 N–H and O–H groups in total. The second-order valence-corrected chi connectivity index (χ2v) is 13.1. The maximum atomic E-state index is 13.6. The molecule has 0 amide bonds. The molecule has 1 aliphatic heterocycles. The zero-order chi connectivity index (χ0) is 25.4. The molecule has 1 saturated carbocycles. The maximum Gasteiger partial charge on any atom is 0.333 e. The van der Waals surface area contributed by atoms with E-state index in [1.165, 1.54) is 28.8 Å². The van der Waals surface area contributed by atoms with E-state index in [9.17, 15) is 13.2 Å². The summed E-state index contributed by atoms with van der Waals surface area (Å²) in [5, 5.41) is 9.16. The van der Waals surface area contributed by atoms with Crippen LogP contribution >= 0.6 is 34.7 Å². The van der Waals surface area contributed by atoms with Crippen molar-refractivity contribution in [1.29, 1.82) is 0 Å². The molecule has 0 spiro atoms. The van der Waals surface area contributed by atoms with Crippen molar-refractivity contribution in [2.24, 2.45) is 11.1 Å². The summed E-state index contributed by atoms with van der Waals surface area (Å²) in [6.45, 7) is 2.10. The van der Waals surface area contributed by atoms with E-state index in [1.54, 1.807) is 6.20 Å². The van der Waals surface area contributed by atoms with Gasteiger partial charge in [0.05, 0.1) is 22.3 Å². The minimum Gasteiger partial charge on any atom is -0.367 e. The number of anilines is 1. The Morgan fingerprint density at radius 1 is 1.28 bits per heavy atom. The lowest BCUT2D eigenvalue weighted by Crippen LogP contribution is -2.22. The molecule has 36 heavy (non-hydrogen) atoms. The van der Waals surface area contributed by atoms with Gasteiger partial charge in [0, 0.05) is 27.9 Å². The summed E-state index contributed by atoms with van der Waals surface area (Å²) in [6, 6.07) is 8.05. The van der Waals surface area contributed by atoms with Gasteiger partial charge in [-0.15, -0.1) is 23.1 Å². The normalized spacial score (nSPS) is 21.5. The highest BCUT2D eigenvalue weighted by atomic mass is 35.5. The molecule has 1 unspecified atom stereocenters. The highest BCUT2D eigenvalue weighted by Gasteiger charge is 2.30. The number of hydrogen-bond acceptors (Lipinski definition) is 9. The third kappa shape index (κ3) is 5.61. The molecule has 0 radical (unpaired) electrons. The number of rotatable bonds is 8. The van der Waals surface area contributed by atoms with Gasteiger partial charge in [0.25, 0.3) is 0 Å². The molecule has 12 heteroatoms. The van der Waals surface area contributed by atoms with E-state index in [-0.39, 0.29) is 29.6 Å². The van der Waals surface area contributed by atoms with Crippen LogP contribution in [0.4, 0.5) is 5.82 Å². The number of aromatic nitrogens is 2. The van der Waals surface area contributed by atoms with Crippen molar-refractivity contribution in [2.75, 3.05) is 11.9 Å². The monoisotopic (exact) mass is 564 g/mol. The van der Waals surface area contributed by atoms with Crippen molar-refractivity contribution in [3.8, 4) is 0 Å². The van der Waals surface area contributed by atoms with Gasteiger partial charge >= 0.3 is 10.3 Å². The molecule has 1 aliphatic carbocycles. The number of ketones is 1. The van der Waals surface area contributed by atoms with Gasteiger partial charge in [0.2, 0.25) is 5.78 Å². The van der Waals surface area contributed by atoms with Crippen molar-refractivity contribution in [3.05, 3.63) is 73.8 Å². The highest BCUT2D eigenvalue weighted by Crippen LogP contribution is 2.49. The number of thioether (sulfide) groups is 1. The summed E-state index contributed by atoms with van der Waals surface area (Å²) in [7, 11) is -3.96. The molecule has 1 fully saturated rings. The molecular weight excluding hydrogens is 540 g/mol. The third-order valence-corrected chi connectivity index (χ3v) is 9.65. The number of carbonyl (C=O) groups is 1. The van der Waals surface area contributed by atoms with Gasteiger partial charge in [-0.25, -0.2) is 15.1 Å². The standard InChI is InChI=1S/C24H25ClN4O4S3/c1-13-18(23-19-7-16(25)4-3-15(19)11-34-23)8-21(35-13)22(30)20-9-27-12-28-24(20)29-17-5-2-14(6-17)10-33-36(26,31)32/h3-4,7-9,12,14,17,23H,2,5-6,10-11H2,1H3,(H2,26,31,32)(H,27,28,29)/t14-,17+,23?/m1/s1. The fraction of sp³-hybridized carbons (Fsp3) is 0.375. The Bertz CT molecular complexity index is 1410. The van der Waals surface area contributed by atoms with Crippen LogP contribution in [0.5, 0.6) is 0 Å². The number of fused-ring (bicyclic) bond motifs is 1. The van der Waals surface area contributed by atoms with Gasteiger partial charge in [0.15, 0.2) is 0 Å². The second kappa shape index (κ2) is 10.4. The summed E-state index contributed by atoms with van der Waals surface area (Å²) in [5.41, 5.74) is 4.03. The smallest absolute Gasteiger partial charge is 0.333 e. The molecule has 3 heterocycles. The van der Waals surface area contributed by atoms with Gasteiger partial charge in [-0.2, -0.15) is 8.42 Å². The van der Waals surface area contributed by atoms with Crippen LogP contribution in [0, 0.1) is 12.8 Å². The van der Waals surface area contributed by atoms with Crippen LogP contribution in [0.1, 0.15) is 61.3 Å². The minimum absolute atomic E-state index is 0.0392. The van der Waals surface area contributed by atoms with E-state index in [1.807, 2.05) is 36.9 Å². The molecule has 190 valence electrons. The number of hydrogen-bond donors (Lipinski definition) is 2. The average molecular weight is 565 g/mol. The molecule has 0 bridgehead atoms. The summed E-state index contributed by atoms with van der Waals surface area (Å²) in [5.74, 6) is 1.33. The SMILES string of the molecule is Cc1sc(C(=O)c2cncnc2N[C@H]2CC[C@@H](COS(N)(=O)=O)C2)cc1C1SCc2ccc(Cl)cc21. The van der Waals surface area contributed by atoms with Gasteiger partial charge in [-0.05, 0) is 67.0 Å². The summed E-state index contributed by atoms with van der Waals surface area (Å²) < 4.78 is 26.9. The second-order valence-electron chi connectivity index (χ2n) is 9.07. The number of nitrogens with zero attached hydrogens (tertiary/aromatic N) is 2. The fourth-order valence-electron chi connectivity index (χ4n) is 4.82. The van der Waals surface area contributed by atoms with Crippen LogP contribution < -0.4 is 10.5 Å². The first-order valence-corrected chi connectivity index (χ1v) is 15.2. The molecule has 1 aromatic carbocycles. The van der Waals surface area contributed by atoms with E-state index < -0.39 is 10.3 Å². The summed E-state index contributed by atoms with van der Waals surface area (Å²) >= 11 is 9.59. The first-order chi connectivity index (χ1) is 17.2. The molecule has 3 atom stereocenters. The van der Waals surface area contributed by atoms with Gasteiger partial charge in [-0.1, -0.05) is 17.7 Å². The van der Waals surface area contributed by atoms with Crippen LogP contribution in [-0.4, -0.2) is 36.8 Å². The number of halogens is 1. The Labute approximate surface area is 223 Å². The van der Waals surface area contributed by atoms with Crippen molar-refractivity contribution < 1.29 is 17.4 Å². The lowest BCUT2D eigenvalue weighted by molar-refractivity contribution is 0.104. The Kier molecular flexibility index (Phi) is 7.39. The van der Waals surface area contributed by atoms with Crippen LogP contribution in [0.2, 0.25) is 5.02 Å². The van der Waals surface area contributed by atoms with Crippen LogP contribution in [0.15, 0.2) is 36.8 Å². The predicted molar refractivity (Wildman–Crippen MR) is 143 cm³/mol. The topological polar surface area (TPSA) is 124 Å². The largest absolute Gasteiger partial charge is 0.367 e. The molecule has 0 saturated heterocycles. The molecule has 5 rings (SSSR count). The van der Waals surface area contributed by atoms with Crippen molar-refractivity contribution in [2.45, 2.75) is 43.2 Å². The van der Waals surface area contributed by atoms with E-state index in [2.05, 4.69) is 21.4 Å². The lowest BCUT2D eigenvalue weighted by Gasteiger charge is -2.15. The maximum absolute atomic E-state index is 13.6. The summed E-state index contributed by atoms with van der Waals surface area (Å²) in [6.07, 6.45) is 5.24. The van der Waals surface area contributed by atoms with E-state index in [0.29, 0.717) is 27.7 Å². The summed E-state index contributed by atoms with van der Waals surface area (Å²) in [4.78, 5) is 23.7. The van der Waals surface area contributed by atoms with Gasteiger partial charge in [0.1, 0.15) is 12.1 Å². The molecule has 2 aliphatic rings. The molecule has 2 aromatic heterocycles. The quantitative estimate of drug-likeness (QED) is 0.371. The van der Waals surface area contributed by atoms with Crippen LogP contribution in [-0.2, 0) is 20.2 Å². The number of aryl methyl sites for hydroxylation is 1. The Morgan fingerprint density at radius 3 is 2.92 bits per heavy atom. The first kappa shape index (κ1) is 25.6. The fourth-order valence-corrected chi connectivity index (χ4v) is 7.90. The number of carbonyl (C=O) groups excluding carboxylic acids is 1. The third-order valence-electron chi connectivity index (χ3n) is 6.57. The number of thiophene rings is 1. The zero-order valence-corrected chi connectivity index (χ0v) is 22.6. The number of benzene rings is 1. The average Bonchev–Trinajstić information content (AvgIpc) is 3.55. The molecular formula is C24H25ClN4O4S3. The van der Waals surface area contributed by atoms with E-state index >= 15 is 0 Å². The van der Waals surface area contributed by atoms with E-state index in [0.717, 1.165) is 29.0 Å². The Balaban J connectivity index is 1.33.